The van der Waals surface area contributed by atoms with E-state index in [9.17, 15) is 14.9 Å². The van der Waals surface area contributed by atoms with Gasteiger partial charge in [-0.25, -0.2) is 4.79 Å². The van der Waals surface area contributed by atoms with Crippen molar-refractivity contribution in [2.75, 3.05) is 6.61 Å². The zero-order valence-corrected chi connectivity index (χ0v) is 10.8. The summed E-state index contributed by atoms with van der Waals surface area (Å²) in [6, 6.07) is 7.58. The van der Waals surface area contributed by atoms with Gasteiger partial charge in [-0.05, 0) is 18.6 Å². The van der Waals surface area contributed by atoms with E-state index in [1.165, 1.54) is 30.6 Å². The van der Waals surface area contributed by atoms with E-state index in [0.29, 0.717) is 16.7 Å². The molecule has 0 bridgehead atoms. The van der Waals surface area contributed by atoms with Crippen molar-refractivity contribution in [2.24, 2.45) is 0 Å². The fraction of sp³-hybridized carbons (Fsp3) is 0.143. The van der Waals surface area contributed by atoms with Crippen molar-refractivity contribution >= 4 is 11.7 Å². The zero-order chi connectivity index (χ0) is 14.5. The number of hydrogen-bond donors (Lipinski definition) is 0. The summed E-state index contributed by atoms with van der Waals surface area (Å²) in [5.41, 5.74) is 1.36. The summed E-state index contributed by atoms with van der Waals surface area (Å²) < 4.78 is 4.97. The van der Waals surface area contributed by atoms with Crippen LogP contribution in [0.15, 0.2) is 42.7 Å². The first-order valence-corrected chi connectivity index (χ1v) is 5.99. The Bertz CT molecular complexity index is 655. The smallest absolute Gasteiger partial charge is 0.338 e. The van der Waals surface area contributed by atoms with Gasteiger partial charge >= 0.3 is 5.97 Å². The summed E-state index contributed by atoms with van der Waals surface area (Å²) in [6.45, 7) is 1.97. The van der Waals surface area contributed by atoms with Crippen molar-refractivity contribution in [3.05, 3.63) is 58.4 Å². The van der Waals surface area contributed by atoms with Crippen molar-refractivity contribution in [3.8, 4) is 11.1 Å². The number of nitrogens with zero attached hydrogens (tertiary/aromatic N) is 2. The molecule has 2 aromatic rings. The van der Waals surface area contributed by atoms with Crippen molar-refractivity contribution in [1.82, 2.24) is 4.98 Å². The van der Waals surface area contributed by atoms with Crippen LogP contribution in [-0.2, 0) is 4.74 Å². The highest BCUT2D eigenvalue weighted by atomic mass is 16.6. The van der Waals surface area contributed by atoms with E-state index >= 15 is 0 Å². The van der Waals surface area contributed by atoms with Gasteiger partial charge in [0.2, 0.25) is 0 Å². The van der Waals surface area contributed by atoms with Crippen LogP contribution in [0, 0.1) is 10.1 Å². The number of benzene rings is 1. The highest BCUT2D eigenvalue weighted by molar-refractivity contribution is 5.97. The quantitative estimate of drug-likeness (QED) is 0.485. The summed E-state index contributed by atoms with van der Waals surface area (Å²) in [5, 5.41) is 10.8. The predicted molar refractivity (Wildman–Crippen MR) is 72.3 cm³/mol. The average Bonchev–Trinajstić information content (AvgIpc) is 2.47. The molecule has 0 aliphatic heterocycles. The van der Waals surface area contributed by atoms with Crippen LogP contribution in [0.3, 0.4) is 0 Å². The summed E-state index contributed by atoms with van der Waals surface area (Å²) in [5.74, 6) is -0.476. The molecule has 0 radical (unpaired) electrons. The summed E-state index contributed by atoms with van der Waals surface area (Å²) in [7, 11) is 0. The number of non-ortho nitro benzene ring substituents is 1. The van der Waals surface area contributed by atoms with Crippen molar-refractivity contribution in [2.45, 2.75) is 6.92 Å². The summed E-state index contributed by atoms with van der Waals surface area (Å²) in [6.07, 6.45) is 2.97. The van der Waals surface area contributed by atoms with Crippen LogP contribution < -0.4 is 0 Å². The molecule has 0 saturated heterocycles. The van der Waals surface area contributed by atoms with Gasteiger partial charge < -0.3 is 4.74 Å². The molecule has 0 atom stereocenters. The Labute approximate surface area is 115 Å². The average molecular weight is 272 g/mol. The first kappa shape index (κ1) is 13.7. The maximum absolute atomic E-state index is 11.9. The molecule has 1 heterocycles. The SMILES string of the molecule is CCOC(=O)c1ccncc1-c1cccc([N+](=O)[O-])c1. The van der Waals surface area contributed by atoms with Crippen LogP contribution in [-0.4, -0.2) is 22.5 Å². The van der Waals surface area contributed by atoms with Crippen molar-refractivity contribution in [1.29, 1.82) is 0 Å². The van der Waals surface area contributed by atoms with E-state index in [1.807, 2.05) is 0 Å². The number of esters is 1. The molecule has 1 aromatic carbocycles. The molecule has 102 valence electrons. The molecule has 0 N–H and O–H groups in total. The van der Waals surface area contributed by atoms with Gasteiger partial charge in [-0.2, -0.15) is 0 Å². The van der Waals surface area contributed by atoms with E-state index in [0.717, 1.165) is 0 Å². The van der Waals surface area contributed by atoms with E-state index in [-0.39, 0.29) is 12.3 Å². The number of nitro groups is 1. The minimum atomic E-state index is -0.482. The van der Waals surface area contributed by atoms with Crippen LogP contribution in [0.2, 0.25) is 0 Å². The third-order valence-electron chi connectivity index (χ3n) is 2.68. The molecule has 0 amide bonds. The lowest BCUT2D eigenvalue weighted by Gasteiger charge is -2.08. The fourth-order valence-electron chi connectivity index (χ4n) is 1.80. The maximum Gasteiger partial charge on any atom is 0.338 e. The topological polar surface area (TPSA) is 82.3 Å². The molecular formula is C14H12N2O4. The van der Waals surface area contributed by atoms with Crippen LogP contribution >= 0.6 is 0 Å². The monoisotopic (exact) mass is 272 g/mol. The van der Waals surface area contributed by atoms with E-state index in [2.05, 4.69) is 4.98 Å². The molecule has 0 unspecified atom stereocenters. The molecule has 2 rings (SSSR count). The third-order valence-corrected chi connectivity index (χ3v) is 2.68. The number of aromatic nitrogens is 1. The Morgan fingerprint density at radius 1 is 1.40 bits per heavy atom. The first-order valence-electron chi connectivity index (χ1n) is 5.99. The number of carbonyl (C=O) groups is 1. The molecular weight excluding hydrogens is 260 g/mol. The molecule has 20 heavy (non-hydrogen) atoms. The number of ether oxygens (including phenoxy) is 1. The van der Waals surface area contributed by atoms with Gasteiger partial charge in [0.05, 0.1) is 17.1 Å². The lowest BCUT2D eigenvalue weighted by molar-refractivity contribution is -0.384. The molecule has 6 nitrogen and oxygen atoms in total. The first-order chi connectivity index (χ1) is 9.63. The normalized spacial score (nSPS) is 10.1. The minimum absolute atomic E-state index is 0.0406. The number of nitro benzene ring substituents is 1. The second-order valence-electron chi connectivity index (χ2n) is 3.95. The molecule has 0 fully saturated rings. The van der Waals surface area contributed by atoms with Gasteiger partial charge in [0.1, 0.15) is 0 Å². The van der Waals surface area contributed by atoms with E-state index in [1.54, 1.807) is 19.1 Å². The van der Waals surface area contributed by atoms with Crippen LogP contribution in [0.25, 0.3) is 11.1 Å². The van der Waals surface area contributed by atoms with E-state index < -0.39 is 10.9 Å². The van der Waals surface area contributed by atoms with Gasteiger partial charge in [-0.15, -0.1) is 0 Å². The predicted octanol–water partition coefficient (Wildman–Crippen LogP) is 2.83. The zero-order valence-electron chi connectivity index (χ0n) is 10.8. The number of rotatable bonds is 4. The molecule has 0 saturated carbocycles. The second-order valence-corrected chi connectivity index (χ2v) is 3.95. The Morgan fingerprint density at radius 3 is 2.90 bits per heavy atom. The third kappa shape index (κ3) is 2.80. The van der Waals surface area contributed by atoms with Crippen LogP contribution in [0.4, 0.5) is 5.69 Å². The highest BCUT2D eigenvalue weighted by Crippen LogP contribution is 2.26. The number of pyridine rings is 1. The molecule has 0 aliphatic carbocycles. The lowest BCUT2D eigenvalue weighted by Crippen LogP contribution is -2.06. The standard InChI is InChI=1S/C14H12N2O4/c1-2-20-14(17)12-6-7-15-9-13(12)10-4-3-5-11(8-10)16(18)19/h3-9H,2H2,1H3. The lowest BCUT2D eigenvalue weighted by atomic mass is 10.0. The van der Waals surface area contributed by atoms with E-state index in [4.69, 9.17) is 4.74 Å². The summed E-state index contributed by atoms with van der Waals surface area (Å²) in [4.78, 5) is 26.2. The van der Waals surface area contributed by atoms with Crippen molar-refractivity contribution in [3.63, 3.8) is 0 Å². The van der Waals surface area contributed by atoms with Crippen LogP contribution in [0.5, 0.6) is 0 Å². The Morgan fingerprint density at radius 2 is 2.20 bits per heavy atom. The molecule has 1 aromatic heterocycles. The second kappa shape index (κ2) is 5.92. The molecule has 0 aliphatic rings. The largest absolute Gasteiger partial charge is 0.462 e. The Balaban J connectivity index is 2.50. The van der Waals surface area contributed by atoms with Gasteiger partial charge in [0.15, 0.2) is 0 Å². The molecule has 6 heteroatoms. The van der Waals surface area contributed by atoms with Gasteiger partial charge in [-0.1, -0.05) is 12.1 Å². The van der Waals surface area contributed by atoms with Gasteiger partial charge in [0.25, 0.3) is 5.69 Å². The Hall–Kier alpha value is -2.76. The number of hydrogen-bond acceptors (Lipinski definition) is 5. The van der Waals surface area contributed by atoms with Crippen molar-refractivity contribution < 1.29 is 14.5 Å². The van der Waals surface area contributed by atoms with Crippen LogP contribution in [0.1, 0.15) is 17.3 Å². The Kier molecular flexibility index (Phi) is 4.05. The molecule has 0 spiro atoms. The maximum atomic E-state index is 11.9. The van der Waals surface area contributed by atoms with Gasteiger partial charge in [-0.3, -0.25) is 15.1 Å². The fourth-order valence-corrected chi connectivity index (χ4v) is 1.80. The minimum Gasteiger partial charge on any atom is -0.462 e. The highest BCUT2D eigenvalue weighted by Gasteiger charge is 2.15. The van der Waals surface area contributed by atoms with Gasteiger partial charge in [0, 0.05) is 30.1 Å². The number of carbonyl (C=O) groups excluding carboxylic acids is 1. The summed E-state index contributed by atoms with van der Waals surface area (Å²) >= 11 is 0.